The van der Waals surface area contributed by atoms with Crippen molar-refractivity contribution < 1.29 is 13.6 Å². The van der Waals surface area contributed by atoms with Crippen LogP contribution >= 0.6 is 15.9 Å². The predicted octanol–water partition coefficient (Wildman–Crippen LogP) is 2.90. The average molecular weight is 250 g/mol. The number of hydrogen-bond acceptors (Lipinski definition) is 2. The fourth-order valence-corrected chi connectivity index (χ4v) is 1.41. The van der Waals surface area contributed by atoms with Crippen molar-refractivity contribution in [3.05, 3.63) is 27.5 Å². The maximum Gasteiger partial charge on any atom is 0.265 e. The van der Waals surface area contributed by atoms with Gasteiger partial charge in [0.1, 0.15) is 5.69 Å². The molecule has 0 fully saturated rings. The van der Waals surface area contributed by atoms with Gasteiger partial charge in [0.05, 0.1) is 4.47 Å². The Morgan fingerprint density at radius 3 is 2.69 bits per heavy atom. The number of halogens is 3. The Morgan fingerprint density at radius 1 is 1.62 bits per heavy atom. The van der Waals surface area contributed by atoms with Gasteiger partial charge in [-0.15, -0.1) is 0 Å². The van der Waals surface area contributed by atoms with Crippen molar-refractivity contribution in [2.45, 2.75) is 13.3 Å². The van der Waals surface area contributed by atoms with Gasteiger partial charge in [0.25, 0.3) is 6.43 Å². The van der Waals surface area contributed by atoms with E-state index in [0.29, 0.717) is 12.0 Å². The topological polar surface area (TPSA) is 30.0 Å². The van der Waals surface area contributed by atoms with E-state index in [1.807, 2.05) is 0 Å². The second-order valence-corrected chi connectivity index (χ2v) is 3.26. The Hall–Kier alpha value is -0.840. The summed E-state index contributed by atoms with van der Waals surface area (Å²) in [5.41, 5.74) is 0.213. The first-order chi connectivity index (χ1) is 6.06. The molecule has 0 atom stereocenters. The lowest BCUT2D eigenvalue weighted by Gasteiger charge is -2.05. The number of aldehydes is 1. The maximum absolute atomic E-state index is 12.4. The van der Waals surface area contributed by atoms with E-state index >= 15 is 0 Å². The van der Waals surface area contributed by atoms with Crippen LogP contribution in [0.1, 0.15) is 28.2 Å². The molecule has 0 radical (unpaired) electrons. The summed E-state index contributed by atoms with van der Waals surface area (Å²) in [5, 5.41) is 0. The highest BCUT2D eigenvalue weighted by Gasteiger charge is 2.15. The minimum absolute atomic E-state index is 0.00954. The Balaban J connectivity index is 3.35. The third-order valence-electron chi connectivity index (χ3n) is 1.49. The zero-order valence-corrected chi connectivity index (χ0v) is 8.31. The van der Waals surface area contributed by atoms with Crippen molar-refractivity contribution in [1.82, 2.24) is 4.98 Å². The third-order valence-corrected chi connectivity index (χ3v) is 2.35. The molecule has 0 saturated carbocycles. The first kappa shape index (κ1) is 10.2. The van der Waals surface area contributed by atoms with Crippen molar-refractivity contribution in [3.63, 3.8) is 0 Å². The Bertz CT molecular complexity index is 341. The zero-order valence-electron chi connectivity index (χ0n) is 6.72. The zero-order chi connectivity index (χ0) is 10.0. The summed E-state index contributed by atoms with van der Waals surface area (Å²) in [4.78, 5) is 14.2. The molecule has 2 nitrogen and oxygen atoms in total. The summed E-state index contributed by atoms with van der Waals surface area (Å²) in [7, 11) is 0. The summed E-state index contributed by atoms with van der Waals surface area (Å²) in [6.07, 6.45) is -2.15. The average Bonchev–Trinajstić information content (AvgIpc) is 2.08. The van der Waals surface area contributed by atoms with E-state index in [0.717, 1.165) is 0 Å². The van der Waals surface area contributed by atoms with E-state index in [1.165, 1.54) is 6.07 Å². The van der Waals surface area contributed by atoms with Crippen molar-refractivity contribution in [2.24, 2.45) is 0 Å². The van der Waals surface area contributed by atoms with E-state index in [2.05, 4.69) is 20.9 Å². The molecule has 0 unspecified atom stereocenters. The molecule has 0 aliphatic carbocycles. The Labute approximate surface area is 82.1 Å². The van der Waals surface area contributed by atoms with E-state index in [-0.39, 0.29) is 15.7 Å². The Morgan fingerprint density at radius 2 is 2.23 bits per heavy atom. The molecule has 0 aliphatic heterocycles. The maximum atomic E-state index is 12.4. The molecule has 0 saturated heterocycles. The minimum atomic E-state index is -2.60. The van der Waals surface area contributed by atoms with Crippen LogP contribution in [0.15, 0.2) is 10.5 Å². The van der Waals surface area contributed by atoms with Crippen molar-refractivity contribution >= 4 is 22.2 Å². The van der Waals surface area contributed by atoms with Crippen LogP contribution in [0.25, 0.3) is 0 Å². The molecular formula is C8H6BrF2NO. The number of carbonyl (C=O) groups is 1. The van der Waals surface area contributed by atoms with Gasteiger partial charge in [-0.25, -0.2) is 13.8 Å². The van der Waals surface area contributed by atoms with Crippen LogP contribution in [0.3, 0.4) is 0 Å². The minimum Gasteiger partial charge on any atom is -0.296 e. The van der Waals surface area contributed by atoms with E-state index in [1.54, 1.807) is 6.92 Å². The molecule has 1 aromatic heterocycles. The highest BCUT2D eigenvalue weighted by molar-refractivity contribution is 9.10. The molecule has 0 amide bonds. The molecule has 1 rings (SSSR count). The highest BCUT2D eigenvalue weighted by Crippen LogP contribution is 2.29. The molecule has 5 heteroatoms. The van der Waals surface area contributed by atoms with E-state index < -0.39 is 6.43 Å². The molecule has 0 N–H and O–H groups in total. The largest absolute Gasteiger partial charge is 0.296 e. The van der Waals surface area contributed by atoms with E-state index in [9.17, 15) is 13.6 Å². The highest BCUT2D eigenvalue weighted by atomic mass is 79.9. The molecule has 0 spiro atoms. The second kappa shape index (κ2) is 3.91. The molecule has 0 aliphatic rings. The quantitative estimate of drug-likeness (QED) is 0.755. The Kier molecular flexibility index (Phi) is 3.08. The molecule has 13 heavy (non-hydrogen) atoms. The lowest BCUT2D eigenvalue weighted by Crippen LogP contribution is -1.97. The summed E-state index contributed by atoms with van der Waals surface area (Å²) in [6.45, 7) is 1.56. The molecule has 70 valence electrons. The normalized spacial score (nSPS) is 10.5. The van der Waals surface area contributed by atoms with Crippen molar-refractivity contribution in [1.29, 1.82) is 0 Å². The number of rotatable bonds is 2. The smallest absolute Gasteiger partial charge is 0.265 e. The lowest BCUT2D eigenvalue weighted by atomic mass is 10.2. The van der Waals surface area contributed by atoms with Gasteiger partial charge in [0.15, 0.2) is 6.29 Å². The van der Waals surface area contributed by atoms with Crippen LogP contribution in [-0.4, -0.2) is 11.3 Å². The van der Waals surface area contributed by atoms with Crippen LogP contribution in [-0.2, 0) is 0 Å². The van der Waals surface area contributed by atoms with Gasteiger partial charge in [-0.1, -0.05) is 0 Å². The van der Waals surface area contributed by atoms with Crippen LogP contribution in [0.5, 0.6) is 0 Å². The number of carbonyl (C=O) groups excluding carboxylic acids is 1. The van der Waals surface area contributed by atoms with Crippen LogP contribution in [0.2, 0.25) is 0 Å². The number of nitrogens with zero attached hydrogens (tertiary/aromatic N) is 1. The summed E-state index contributed by atoms with van der Waals surface area (Å²) >= 11 is 2.90. The predicted molar refractivity (Wildman–Crippen MR) is 47.0 cm³/mol. The van der Waals surface area contributed by atoms with Crippen molar-refractivity contribution in [2.75, 3.05) is 0 Å². The SMILES string of the molecule is Cc1cc(C(F)F)c(Br)c(C=O)n1. The van der Waals surface area contributed by atoms with Gasteiger partial charge in [-0.3, -0.25) is 4.79 Å². The van der Waals surface area contributed by atoms with Gasteiger partial charge in [0.2, 0.25) is 0 Å². The lowest BCUT2D eigenvalue weighted by molar-refractivity contribution is 0.111. The van der Waals surface area contributed by atoms with Gasteiger partial charge in [-0.05, 0) is 28.9 Å². The fourth-order valence-electron chi connectivity index (χ4n) is 0.945. The van der Waals surface area contributed by atoms with E-state index in [4.69, 9.17) is 0 Å². The molecule has 1 heterocycles. The first-order valence-corrected chi connectivity index (χ1v) is 4.26. The van der Waals surface area contributed by atoms with Crippen LogP contribution in [0, 0.1) is 6.92 Å². The fraction of sp³-hybridized carbons (Fsp3) is 0.250. The van der Waals surface area contributed by atoms with Gasteiger partial charge >= 0.3 is 0 Å². The molecule has 0 aromatic carbocycles. The first-order valence-electron chi connectivity index (χ1n) is 3.46. The molecular weight excluding hydrogens is 244 g/mol. The summed E-state index contributed by atoms with van der Waals surface area (Å²) < 4.78 is 24.8. The third kappa shape index (κ3) is 2.09. The number of hydrogen-bond donors (Lipinski definition) is 0. The second-order valence-electron chi connectivity index (χ2n) is 2.47. The van der Waals surface area contributed by atoms with Crippen molar-refractivity contribution in [3.8, 4) is 0 Å². The van der Waals surface area contributed by atoms with Crippen LogP contribution < -0.4 is 0 Å². The number of pyridine rings is 1. The van der Waals surface area contributed by atoms with Gasteiger partial charge < -0.3 is 0 Å². The molecule has 1 aromatic rings. The summed E-state index contributed by atoms with van der Waals surface area (Å²) in [5.74, 6) is 0. The number of aryl methyl sites for hydroxylation is 1. The monoisotopic (exact) mass is 249 g/mol. The van der Waals surface area contributed by atoms with Gasteiger partial charge in [0, 0.05) is 11.3 Å². The van der Waals surface area contributed by atoms with Gasteiger partial charge in [-0.2, -0.15) is 0 Å². The molecule has 0 bridgehead atoms. The number of alkyl halides is 2. The number of aromatic nitrogens is 1. The van der Waals surface area contributed by atoms with Crippen LogP contribution in [0.4, 0.5) is 8.78 Å². The standard InChI is InChI=1S/C8H6BrF2NO/c1-4-2-5(8(10)11)7(9)6(3-13)12-4/h2-3,8H,1H3. The summed E-state index contributed by atoms with van der Waals surface area (Å²) in [6, 6.07) is 1.25.